The number of carboxylic acid groups (broad SMARTS) is 1. The van der Waals surface area contributed by atoms with Crippen LogP contribution in [0.3, 0.4) is 0 Å². The van der Waals surface area contributed by atoms with Crippen LogP contribution in [-0.2, 0) is 24.3 Å². The van der Waals surface area contributed by atoms with Gasteiger partial charge in [0.2, 0.25) is 15.9 Å². The van der Waals surface area contributed by atoms with Crippen molar-refractivity contribution in [3.63, 3.8) is 0 Å². The van der Waals surface area contributed by atoms with Crippen LogP contribution in [0.4, 0.5) is 0 Å². The average molecular weight is 332 g/mol. The molecule has 0 spiro atoms. The Balaban J connectivity index is 1.71. The highest BCUT2D eigenvalue weighted by Gasteiger charge is 2.55. The van der Waals surface area contributed by atoms with E-state index in [0.717, 1.165) is 0 Å². The lowest BCUT2D eigenvalue weighted by atomic mass is 9.74. The van der Waals surface area contributed by atoms with E-state index in [1.54, 1.807) is 0 Å². The van der Waals surface area contributed by atoms with Gasteiger partial charge in [-0.1, -0.05) is 0 Å². The Bertz CT molecular complexity index is 591. The molecule has 0 bridgehead atoms. The first-order valence-electron chi connectivity index (χ1n) is 7.42. The van der Waals surface area contributed by atoms with Crippen molar-refractivity contribution in [2.75, 3.05) is 45.1 Å². The number of nitrogens with zero attached hydrogens (tertiary/aromatic N) is 2. The lowest BCUT2D eigenvalue weighted by molar-refractivity contribution is -0.157. The van der Waals surface area contributed by atoms with E-state index in [1.165, 1.54) is 9.21 Å². The number of fused-ring (bicyclic) bond motifs is 1. The second-order valence-corrected chi connectivity index (χ2v) is 8.35. The monoisotopic (exact) mass is 332 g/mol. The molecule has 0 aromatic heterocycles. The maximum atomic E-state index is 12.4. The molecule has 1 N–H and O–H groups in total. The Hall–Kier alpha value is -1.19. The molecule has 0 radical (unpaired) electrons. The van der Waals surface area contributed by atoms with Crippen molar-refractivity contribution in [3.8, 4) is 0 Å². The Morgan fingerprint density at radius 2 is 2.14 bits per heavy atom. The minimum Gasteiger partial charge on any atom is -0.481 e. The zero-order chi connectivity index (χ0) is 16.0. The summed E-state index contributed by atoms with van der Waals surface area (Å²) < 4.78 is 30.1. The van der Waals surface area contributed by atoms with Crippen molar-refractivity contribution in [2.24, 2.45) is 11.3 Å². The maximum Gasteiger partial charge on any atom is 0.311 e. The minimum absolute atomic E-state index is 0.0792. The predicted molar refractivity (Wildman–Crippen MR) is 75.6 cm³/mol. The van der Waals surface area contributed by atoms with Gasteiger partial charge in [0, 0.05) is 32.2 Å². The standard InChI is InChI=1S/C13H20N2O6S/c16-11(7-15-3-1-5-22(15,19)20)14-6-10-8-21-4-2-13(10,9-14)12(17)18/h10H,1-9H2,(H,17,18)/t10-,13+/m0/s1. The normalized spacial score (nSPS) is 34.5. The van der Waals surface area contributed by atoms with Crippen LogP contribution in [0.25, 0.3) is 0 Å². The number of carbonyl (C=O) groups is 2. The number of aliphatic carboxylic acids is 1. The van der Waals surface area contributed by atoms with Crippen LogP contribution in [0.15, 0.2) is 0 Å². The molecule has 3 rings (SSSR count). The molecule has 124 valence electrons. The third-order valence-corrected chi connectivity index (χ3v) is 6.90. The summed E-state index contributed by atoms with van der Waals surface area (Å²) in [6.45, 7) is 1.34. The number of hydrogen-bond acceptors (Lipinski definition) is 5. The number of likely N-dealkylation sites (tertiary alicyclic amines) is 1. The van der Waals surface area contributed by atoms with Crippen molar-refractivity contribution in [1.29, 1.82) is 0 Å². The maximum absolute atomic E-state index is 12.4. The number of carboxylic acids is 1. The Labute approximate surface area is 129 Å². The minimum atomic E-state index is -3.32. The van der Waals surface area contributed by atoms with Crippen molar-refractivity contribution in [1.82, 2.24) is 9.21 Å². The molecule has 1 amide bonds. The van der Waals surface area contributed by atoms with Crippen molar-refractivity contribution < 1.29 is 27.9 Å². The highest BCUT2D eigenvalue weighted by Crippen LogP contribution is 2.42. The van der Waals surface area contributed by atoms with Crippen LogP contribution in [0.2, 0.25) is 0 Å². The number of sulfonamides is 1. The Morgan fingerprint density at radius 3 is 2.73 bits per heavy atom. The molecule has 3 heterocycles. The van der Waals surface area contributed by atoms with Crippen molar-refractivity contribution in [2.45, 2.75) is 12.8 Å². The molecule has 9 heteroatoms. The first kappa shape index (κ1) is 15.7. The molecule has 0 aromatic rings. The number of hydrogen-bond donors (Lipinski definition) is 1. The third kappa shape index (κ3) is 2.50. The average Bonchev–Trinajstić information content (AvgIpc) is 3.00. The highest BCUT2D eigenvalue weighted by atomic mass is 32.2. The third-order valence-electron chi connectivity index (χ3n) is 5.00. The number of carbonyl (C=O) groups excluding carboxylic acids is 1. The Morgan fingerprint density at radius 1 is 1.36 bits per heavy atom. The fourth-order valence-electron chi connectivity index (χ4n) is 3.61. The summed E-state index contributed by atoms with van der Waals surface area (Å²) in [5, 5.41) is 9.57. The molecule has 8 nitrogen and oxygen atoms in total. The lowest BCUT2D eigenvalue weighted by Crippen LogP contribution is -2.45. The van der Waals surface area contributed by atoms with Crippen LogP contribution in [-0.4, -0.2) is 79.8 Å². The summed E-state index contributed by atoms with van der Waals surface area (Å²) in [7, 11) is -3.32. The summed E-state index contributed by atoms with van der Waals surface area (Å²) in [4.78, 5) is 25.5. The van der Waals surface area contributed by atoms with E-state index in [4.69, 9.17) is 4.74 Å². The van der Waals surface area contributed by atoms with Crippen molar-refractivity contribution in [3.05, 3.63) is 0 Å². The molecule has 0 aromatic carbocycles. The van der Waals surface area contributed by atoms with Gasteiger partial charge in [-0.25, -0.2) is 8.42 Å². The number of amides is 1. The molecule has 0 saturated carbocycles. The SMILES string of the molecule is O=C(CN1CCCS1(=O)=O)N1C[C@H]2COCC[C@@]2(C(=O)O)C1. The molecule has 3 saturated heterocycles. The van der Waals surface area contributed by atoms with E-state index < -0.39 is 21.4 Å². The van der Waals surface area contributed by atoms with Gasteiger partial charge in [-0.2, -0.15) is 4.31 Å². The van der Waals surface area contributed by atoms with E-state index in [-0.39, 0.29) is 30.7 Å². The van der Waals surface area contributed by atoms with E-state index in [2.05, 4.69) is 0 Å². The molecular formula is C13H20N2O6S. The summed E-state index contributed by atoms with van der Waals surface area (Å²) >= 11 is 0. The van der Waals surface area contributed by atoms with Crippen LogP contribution >= 0.6 is 0 Å². The quantitative estimate of drug-likeness (QED) is 0.709. The van der Waals surface area contributed by atoms with Gasteiger partial charge < -0.3 is 14.7 Å². The van der Waals surface area contributed by atoms with Gasteiger partial charge >= 0.3 is 5.97 Å². The number of rotatable bonds is 3. The van der Waals surface area contributed by atoms with Gasteiger partial charge in [0.1, 0.15) is 0 Å². The van der Waals surface area contributed by atoms with E-state index >= 15 is 0 Å². The molecule has 2 atom stereocenters. The summed E-state index contributed by atoms with van der Waals surface area (Å²) in [6, 6.07) is 0. The molecule has 3 fully saturated rings. The van der Waals surface area contributed by atoms with Gasteiger partial charge in [-0.3, -0.25) is 9.59 Å². The molecule has 3 aliphatic rings. The Kier molecular flexibility index (Phi) is 3.90. The van der Waals surface area contributed by atoms with Gasteiger partial charge in [0.05, 0.1) is 24.3 Å². The summed E-state index contributed by atoms with van der Waals surface area (Å²) in [5.41, 5.74) is -0.947. The highest BCUT2D eigenvalue weighted by molar-refractivity contribution is 7.89. The molecule has 0 unspecified atom stereocenters. The molecule has 0 aliphatic carbocycles. The van der Waals surface area contributed by atoms with Crippen LogP contribution in [0.1, 0.15) is 12.8 Å². The van der Waals surface area contributed by atoms with Gasteiger partial charge in [-0.15, -0.1) is 0 Å². The largest absolute Gasteiger partial charge is 0.481 e. The van der Waals surface area contributed by atoms with E-state index in [0.29, 0.717) is 39.1 Å². The topological polar surface area (TPSA) is 104 Å². The van der Waals surface area contributed by atoms with Crippen LogP contribution in [0.5, 0.6) is 0 Å². The fraction of sp³-hybridized carbons (Fsp3) is 0.846. The first-order chi connectivity index (χ1) is 10.3. The van der Waals surface area contributed by atoms with Crippen LogP contribution in [0, 0.1) is 11.3 Å². The zero-order valence-corrected chi connectivity index (χ0v) is 13.0. The smallest absolute Gasteiger partial charge is 0.311 e. The van der Waals surface area contributed by atoms with Crippen LogP contribution < -0.4 is 0 Å². The molecular weight excluding hydrogens is 312 g/mol. The second-order valence-electron chi connectivity index (χ2n) is 6.26. The molecule has 3 aliphatic heterocycles. The van der Waals surface area contributed by atoms with E-state index in [1.807, 2.05) is 0 Å². The second kappa shape index (κ2) is 5.47. The summed E-state index contributed by atoms with van der Waals surface area (Å²) in [5.74, 6) is -1.36. The van der Waals surface area contributed by atoms with E-state index in [9.17, 15) is 23.1 Å². The van der Waals surface area contributed by atoms with Gasteiger partial charge in [0.25, 0.3) is 0 Å². The van der Waals surface area contributed by atoms with Gasteiger partial charge in [-0.05, 0) is 12.8 Å². The lowest BCUT2D eigenvalue weighted by Gasteiger charge is -2.33. The van der Waals surface area contributed by atoms with Crippen molar-refractivity contribution >= 4 is 21.9 Å². The predicted octanol–water partition coefficient (Wildman–Crippen LogP) is -1.03. The fourth-order valence-corrected chi connectivity index (χ4v) is 5.08. The zero-order valence-electron chi connectivity index (χ0n) is 12.2. The summed E-state index contributed by atoms with van der Waals surface area (Å²) in [6.07, 6.45) is 0.921. The molecule has 22 heavy (non-hydrogen) atoms. The van der Waals surface area contributed by atoms with Gasteiger partial charge in [0.15, 0.2) is 0 Å². The number of ether oxygens (including phenoxy) is 1. The first-order valence-corrected chi connectivity index (χ1v) is 9.03.